The SMILES string of the molecule is CC(C)(C)C(=O)OCOP(=O)(CCCCc1ccccc1)CC(=O)OCc1ccccc1. The number of ether oxygens (including phenoxy) is 2. The van der Waals surface area contributed by atoms with Gasteiger partial charge in [0.1, 0.15) is 12.8 Å². The summed E-state index contributed by atoms with van der Waals surface area (Å²) in [5.74, 6) is -1.05. The molecule has 2 rings (SSSR count). The zero-order valence-electron chi connectivity index (χ0n) is 19.1. The van der Waals surface area contributed by atoms with E-state index in [0.29, 0.717) is 6.42 Å². The molecule has 0 saturated carbocycles. The van der Waals surface area contributed by atoms with Crippen LogP contribution < -0.4 is 0 Å². The monoisotopic (exact) mass is 460 g/mol. The molecule has 1 unspecified atom stereocenters. The van der Waals surface area contributed by atoms with Crippen LogP contribution in [0, 0.1) is 5.41 Å². The van der Waals surface area contributed by atoms with E-state index in [1.54, 1.807) is 20.8 Å². The second-order valence-corrected chi connectivity index (χ2v) is 11.4. The molecule has 6 nitrogen and oxygen atoms in total. The number of esters is 2. The number of carbonyl (C=O) groups excluding carboxylic acids is 2. The van der Waals surface area contributed by atoms with E-state index in [1.807, 2.05) is 60.7 Å². The Hall–Kier alpha value is -2.43. The maximum atomic E-state index is 13.4. The number of rotatable bonds is 12. The minimum Gasteiger partial charge on any atom is -0.460 e. The lowest BCUT2D eigenvalue weighted by Gasteiger charge is -2.20. The van der Waals surface area contributed by atoms with Gasteiger partial charge in [0, 0.05) is 6.16 Å². The van der Waals surface area contributed by atoms with E-state index in [9.17, 15) is 14.2 Å². The number of benzene rings is 2. The summed E-state index contributed by atoms with van der Waals surface area (Å²) in [6.45, 7) is 4.82. The van der Waals surface area contributed by atoms with E-state index in [2.05, 4.69) is 0 Å². The number of hydrogen-bond donors (Lipinski definition) is 0. The quantitative estimate of drug-likeness (QED) is 0.178. The van der Waals surface area contributed by atoms with Crippen LogP contribution in [0.4, 0.5) is 0 Å². The molecule has 0 aliphatic heterocycles. The second kappa shape index (κ2) is 12.6. The van der Waals surface area contributed by atoms with Crippen LogP contribution in [-0.2, 0) is 41.2 Å². The summed E-state index contributed by atoms with van der Waals surface area (Å²) in [6.07, 6.45) is 2.13. The topological polar surface area (TPSA) is 78.9 Å². The average Bonchev–Trinajstić information content (AvgIpc) is 2.76. The summed E-state index contributed by atoms with van der Waals surface area (Å²) in [5.41, 5.74) is 1.35. The molecule has 0 aliphatic carbocycles. The Labute approximate surface area is 190 Å². The molecule has 0 radical (unpaired) electrons. The zero-order chi connectivity index (χ0) is 23.5. The van der Waals surface area contributed by atoms with Gasteiger partial charge in [0.05, 0.1) is 5.41 Å². The van der Waals surface area contributed by atoms with Gasteiger partial charge < -0.3 is 9.47 Å². The Kier molecular flexibility index (Phi) is 10.1. The minimum atomic E-state index is -3.38. The molecule has 0 bridgehead atoms. The predicted octanol–water partition coefficient (Wildman–Crippen LogP) is 5.59. The highest BCUT2D eigenvalue weighted by Gasteiger charge is 2.29. The van der Waals surface area contributed by atoms with Crippen molar-refractivity contribution in [3.63, 3.8) is 0 Å². The van der Waals surface area contributed by atoms with Crippen molar-refractivity contribution in [2.75, 3.05) is 19.1 Å². The summed E-state index contributed by atoms with van der Waals surface area (Å²) >= 11 is 0. The largest absolute Gasteiger partial charge is 0.460 e. The first-order valence-corrected chi connectivity index (χ1v) is 12.8. The number of hydrogen-bond acceptors (Lipinski definition) is 6. The smallest absolute Gasteiger partial charge is 0.315 e. The first kappa shape index (κ1) is 25.8. The van der Waals surface area contributed by atoms with E-state index >= 15 is 0 Å². The van der Waals surface area contributed by atoms with Crippen molar-refractivity contribution in [3.8, 4) is 0 Å². The van der Waals surface area contributed by atoms with Crippen LogP contribution in [0.15, 0.2) is 60.7 Å². The summed E-state index contributed by atoms with van der Waals surface area (Å²) in [7, 11) is -3.38. The summed E-state index contributed by atoms with van der Waals surface area (Å²) in [6, 6.07) is 19.3. The highest BCUT2D eigenvalue weighted by molar-refractivity contribution is 7.59. The van der Waals surface area contributed by atoms with Crippen LogP contribution in [0.2, 0.25) is 0 Å². The fourth-order valence-electron chi connectivity index (χ4n) is 2.89. The van der Waals surface area contributed by atoms with Gasteiger partial charge in [-0.15, -0.1) is 0 Å². The Balaban J connectivity index is 1.89. The van der Waals surface area contributed by atoms with Crippen LogP contribution in [0.25, 0.3) is 0 Å². The van der Waals surface area contributed by atoms with E-state index < -0.39 is 31.5 Å². The molecule has 174 valence electrons. The number of unbranched alkanes of at least 4 members (excludes halogenated alkanes) is 1. The van der Waals surface area contributed by atoms with Gasteiger partial charge in [-0.05, 0) is 51.2 Å². The van der Waals surface area contributed by atoms with Gasteiger partial charge in [0.15, 0.2) is 6.79 Å². The third-order valence-corrected chi connectivity index (χ3v) is 7.07. The highest BCUT2D eigenvalue weighted by atomic mass is 31.2. The van der Waals surface area contributed by atoms with Crippen LogP contribution in [0.5, 0.6) is 0 Å². The molecule has 32 heavy (non-hydrogen) atoms. The number of aryl methyl sites for hydroxylation is 1. The molecule has 1 atom stereocenters. The Morgan fingerprint density at radius 2 is 1.44 bits per heavy atom. The fourth-order valence-corrected chi connectivity index (χ4v) is 4.70. The first-order valence-electron chi connectivity index (χ1n) is 10.8. The van der Waals surface area contributed by atoms with Gasteiger partial charge in [-0.2, -0.15) is 0 Å². The molecule has 7 heteroatoms. The molecule has 0 aliphatic rings. The molecule has 2 aromatic carbocycles. The van der Waals surface area contributed by atoms with E-state index in [4.69, 9.17) is 14.0 Å². The Morgan fingerprint density at radius 3 is 2.03 bits per heavy atom. The average molecular weight is 461 g/mol. The molecular weight excluding hydrogens is 427 g/mol. The third-order valence-electron chi connectivity index (χ3n) is 4.76. The summed E-state index contributed by atoms with van der Waals surface area (Å²) in [5, 5.41) is 0. The van der Waals surface area contributed by atoms with Gasteiger partial charge in [-0.1, -0.05) is 60.7 Å². The van der Waals surface area contributed by atoms with Gasteiger partial charge in [-0.25, -0.2) is 0 Å². The van der Waals surface area contributed by atoms with Gasteiger partial charge in [0.2, 0.25) is 7.37 Å². The van der Waals surface area contributed by atoms with Crippen LogP contribution in [0.3, 0.4) is 0 Å². The van der Waals surface area contributed by atoms with Crippen LogP contribution >= 0.6 is 7.37 Å². The summed E-state index contributed by atoms with van der Waals surface area (Å²) < 4.78 is 29.2. The fraction of sp³-hybridized carbons (Fsp3) is 0.440. The highest BCUT2D eigenvalue weighted by Crippen LogP contribution is 2.48. The van der Waals surface area contributed by atoms with Gasteiger partial charge in [-0.3, -0.25) is 18.7 Å². The summed E-state index contributed by atoms with van der Waals surface area (Å²) in [4.78, 5) is 24.3. The van der Waals surface area contributed by atoms with Crippen molar-refractivity contribution in [1.82, 2.24) is 0 Å². The minimum absolute atomic E-state index is 0.104. The second-order valence-electron chi connectivity index (χ2n) is 8.71. The maximum absolute atomic E-state index is 13.4. The van der Waals surface area contributed by atoms with Crippen LogP contribution in [0.1, 0.15) is 44.7 Å². The van der Waals surface area contributed by atoms with Crippen molar-refractivity contribution >= 4 is 19.3 Å². The first-order chi connectivity index (χ1) is 15.2. The normalized spacial score (nSPS) is 13.2. The Bertz CT molecular complexity index is 890. The molecule has 0 spiro atoms. The molecule has 0 fully saturated rings. The molecule has 2 aromatic rings. The van der Waals surface area contributed by atoms with E-state index in [-0.39, 0.29) is 18.9 Å². The number of carbonyl (C=O) groups is 2. The maximum Gasteiger partial charge on any atom is 0.315 e. The lowest BCUT2D eigenvalue weighted by atomic mass is 9.98. The van der Waals surface area contributed by atoms with Crippen molar-refractivity contribution in [2.45, 2.75) is 46.6 Å². The van der Waals surface area contributed by atoms with Gasteiger partial charge in [0.25, 0.3) is 0 Å². The molecular formula is C25H33O6P. The van der Waals surface area contributed by atoms with Crippen molar-refractivity contribution in [1.29, 1.82) is 0 Å². The van der Waals surface area contributed by atoms with Crippen molar-refractivity contribution in [3.05, 3.63) is 71.8 Å². The lowest BCUT2D eigenvalue weighted by molar-refractivity contribution is -0.159. The molecule has 0 amide bonds. The standard InChI is InChI=1S/C25H33O6P/c1-25(2,3)24(27)30-20-31-32(28,17-11-10-14-21-12-6-4-7-13-21)19-23(26)29-18-22-15-8-5-9-16-22/h4-9,12-13,15-16H,10-11,14,17-20H2,1-3H3. The molecule has 0 heterocycles. The van der Waals surface area contributed by atoms with Gasteiger partial charge >= 0.3 is 11.9 Å². The van der Waals surface area contributed by atoms with Crippen molar-refractivity contribution in [2.24, 2.45) is 5.41 Å². The zero-order valence-corrected chi connectivity index (χ0v) is 20.0. The molecule has 0 N–H and O–H groups in total. The molecule has 0 saturated heterocycles. The van der Waals surface area contributed by atoms with E-state index in [0.717, 1.165) is 18.4 Å². The van der Waals surface area contributed by atoms with Crippen molar-refractivity contribution < 1.29 is 28.2 Å². The Morgan fingerprint density at radius 1 is 0.844 bits per heavy atom. The predicted molar refractivity (Wildman–Crippen MR) is 124 cm³/mol. The third kappa shape index (κ3) is 9.80. The lowest BCUT2D eigenvalue weighted by Crippen LogP contribution is -2.24. The van der Waals surface area contributed by atoms with E-state index in [1.165, 1.54) is 5.56 Å². The molecule has 0 aromatic heterocycles. The van der Waals surface area contributed by atoms with Crippen LogP contribution in [-0.4, -0.2) is 31.1 Å².